The van der Waals surface area contributed by atoms with E-state index in [2.05, 4.69) is 4.98 Å². The predicted octanol–water partition coefficient (Wildman–Crippen LogP) is 2.69. The highest BCUT2D eigenvalue weighted by molar-refractivity contribution is 6.32. The highest BCUT2D eigenvalue weighted by atomic mass is 35.5. The van der Waals surface area contributed by atoms with Crippen molar-refractivity contribution in [2.45, 2.75) is 0 Å². The molecule has 0 aliphatic heterocycles. The van der Waals surface area contributed by atoms with Crippen LogP contribution in [0.5, 0.6) is 5.75 Å². The van der Waals surface area contributed by atoms with Crippen LogP contribution in [-0.4, -0.2) is 22.5 Å². The first-order valence-corrected chi connectivity index (χ1v) is 6.34. The zero-order valence-corrected chi connectivity index (χ0v) is 11.9. The Hall–Kier alpha value is -2.55. The molecule has 8 nitrogen and oxygen atoms in total. The molecule has 1 aromatic carbocycles. The average molecular weight is 325 g/mol. The summed E-state index contributed by atoms with van der Waals surface area (Å²) in [4.78, 5) is 16.2. The second kappa shape index (κ2) is 5.34. The Labute approximate surface area is 127 Å². The van der Waals surface area contributed by atoms with Crippen molar-refractivity contribution in [2.24, 2.45) is 0 Å². The zero-order chi connectivity index (χ0) is 15.9. The van der Waals surface area contributed by atoms with Crippen molar-refractivity contribution in [1.82, 2.24) is 4.98 Å². The lowest BCUT2D eigenvalue weighted by Crippen LogP contribution is -2.09. The minimum Gasteiger partial charge on any atom is -0.495 e. The van der Waals surface area contributed by atoms with Crippen LogP contribution in [0.1, 0.15) is 0 Å². The Morgan fingerprint density at radius 2 is 2.05 bits per heavy atom. The number of benzene rings is 1. The summed E-state index contributed by atoms with van der Waals surface area (Å²) in [6.45, 7) is 0. The monoisotopic (exact) mass is 324 g/mol. The van der Waals surface area contributed by atoms with Crippen LogP contribution in [0.25, 0.3) is 22.6 Å². The van der Waals surface area contributed by atoms with Gasteiger partial charge in [0.15, 0.2) is 5.76 Å². The van der Waals surface area contributed by atoms with E-state index in [1.165, 1.54) is 31.4 Å². The SMILES string of the molecule is COc1cc2c(=O)oc(-c3ccc(N(O)O)o3)nc2cc1Cl. The molecule has 0 fully saturated rings. The molecule has 0 saturated heterocycles. The zero-order valence-electron chi connectivity index (χ0n) is 11.1. The fraction of sp³-hybridized carbons (Fsp3) is 0.0769. The third-order valence-corrected chi connectivity index (χ3v) is 3.20. The topological polar surface area (TPSA) is 109 Å². The summed E-state index contributed by atoms with van der Waals surface area (Å²) in [6.07, 6.45) is 0. The summed E-state index contributed by atoms with van der Waals surface area (Å²) in [5, 5.41) is 18.0. The van der Waals surface area contributed by atoms with Crippen molar-refractivity contribution in [3.8, 4) is 17.4 Å². The van der Waals surface area contributed by atoms with Crippen LogP contribution in [0, 0.1) is 0 Å². The van der Waals surface area contributed by atoms with Gasteiger partial charge in [-0.2, -0.15) is 0 Å². The minimum atomic E-state index is -0.655. The number of nitrogens with zero attached hydrogens (tertiary/aromatic N) is 2. The van der Waals surface area contributed by atoms with Crippen LogP contribution in [0.15, 0.2) is 37.9 Å². The van der Waals surface area contributed by atoms with Crippen molar-refractivity contribution in [1.29, 1.82) is 0 Å². The first-order chi connectivity index (χ1) is 10.5. The van der Waals surface area contributed by atoms with Crippen LogP contribution in [0.3, 0.4) is 0 Å². The average Bonchev–Trinajstić information content (AvgIpc) is 2.96. The predicted molar refractivity (Wildman–Crippen MR) is 75.6 cm³/mol. The van der Waals surface area contributed by atoms with Gasteiger partial charge in [0.1, 0.15) is 5.75 Å². The standard InChI is InChI=1S/C13H9ClN2O6/c1-20-10-4-6-8(5-7(10)14)15-12(22-13(6)17)9-2-3-11(21-9)16(18)19/h2-5,18-19H,1H3. The van der Waals surface area contributed by atoms with Crippen molar-refractivity contribution in [3.63, 3.8) is 0 Å². The molecule has 0 radical (unpaired) electrons. The first-order valence-electron chi connectivity index (χ1n) is 5.96. The molecule has 0 saturated carbocycles. The maximum absolute atomic E-state index is 12.0. The van der Waals surface area contributed by atoms with Gasteiger partial charge in [-0.1, -0.05) is 16.8 Å². The second-order valence-electron chi connectivity index (χ2n) is 4.24. The molecular formula is C13H9ClN2O6. The molecule has 0 atom stereocenters. The number of furan rings is 1. The van der Waals surface area contributed by atoms with E-state index in [0.29, 0.717) is 11.3 Å². The molecule has 2 heterocycles. The van der Waals surface area contributed by atoms with Gasteiger partial charge in [-0.15, -0.1) is 0 Å². The number of halogens is 1. The number of hydrogen-bond acceptors (Lipinski definition) is 8. The Bertz CT molecular complexity index is 901. The van der Waals surface area contributed by atoms with Crippen LogP contribution in [0.2, 0.25) is 5.02 Å². The summed E-state index contributed by atoms with van der Waals surface area (Å²) < 4.78 is 15.2. The van der Waals surface area contributed by atoms with E-state index in [9.17, 15) is 4.79 Å². The van der Waals surface area contributed by atoms with Crippen molar-refractivity contribution in [2.75, 3.05) is 12.3 Å². The quantitative estimate of drug-likeness (QED) is 0.708. The summed E-state index contributed by atoms with van der Waals surface area (Å²) in [6, 6.07) is 5.53. The number of rotatable bonds is 3. The van der Waals surface area contributed by atoms with Gasteiger partial charge in [0.05, 0.1) is 23.0 Å². The van der Waals surface area contributed by atoms with E-state index >= 15 is 0 Å². The third kappa shape index (κ3) is 2.39. The van der Waals surface area contributed by atoms with Gasteiger partial charge in [0.2, 0.25) is 5.88 Å². The fourth-order valence-electron chi connectivity index (χ4n) is 1.89. The van der Waals surface area contributed by atoms with Crippen LogP contribution < -0.4 is 15.6 Å². The number of ether oxygens (including phenoxy) is 1. The molecule has 0 aliphatic rings. The molecule has 0 bridgehead atoms. The Balaban J connectivity index is 2.17. The van der Waals surface area contributed by atoms with Crippen LogP contribution in [0.4, 0.5) is 5.88 Å². The first kappa shape index (κ1) is 14.4. The molecule has 0 aliphatic carbocycles. The van der Waals surface area contributed by atoms with Crippen molar-refractivity contribution < 1.29 is 24.0 Å². The van der Waals surface area contributed by atoms with Gasteiger partial charge in [-0.3, -0.25) is 10.4 Å². The lowest BCUT2D eigenvalue weighted by Gasteiger charge is -2.05. The molecule has 9 heteroatoms. The lowest BCUT2D eigenvalue weighted by atomic mass is 10.2. The molecule has 3 rings (SSSR count). The van der Waals surface area contributed by atoms with Crippen molar-refractivity contribution >= 4 is 28.4 Å². The fourth-order valence-corrected chi connectivity index (χ4v) is 2.12. The highest BCUT2D eigenvalue weighted by Crippen LogP contribution is 2.30. The Morgan fingerprint density at radius 3 is 2.68 bits per heavy atom. The second-order valence-corrected chi connectivity index (χ2v) is 4.64. The maximum Gasteiger partial charge on any atom is 0.347 e. The van der Waals surface area contributed by atoms with Gasteiger partial charge in [0, 0.05) is 6.07 Å². The lowest BCUT2D eigenvalue weighted by molar-refractivity contribution is 0.0177. The molecule has 2 N–H and O–H groups in total. The maximum atomic E-state index is 12.0. The van der Waals surface area contributed by atoms with Gasteiger partial charge in [-0.05, 0) is 18.2 Å². The van der Waals surface area contributed by atoms with E-state index in [1.807, 2.05) is 0 Å². The molecule has 2 aromatic heterocycles. The van der Waals surface area contributed by atoms with E-state index in [0.717, 1.165) is 0 Å². The van der Waals surface area contributed by atoms with Gasteiger partial charge >= 0.3 is 5.63 Å². The largest absolute Gasteiger partial charge is 0.495 e. The van der Waals surface area contributed by atoms with Crippen LogP contribution >= 0.6 is 11.6 Å². The van der Waals surface area contributed by atoms with Crippen LogP contribution in [-0.2, 0) is 0 Å². The third-order valence-electron chi connectivity index (χ3n) is 2.90. The Morgan fingerprint density at radius 1 is 1.27 bits per heavy atom. The van der Waals surface area contributed by atoms with Crippen molar-refractivity contribution in [3.05, 3.63) is 39.7 Å². The number of fused-ring (bicyclic) bond motifs is 1. The molecule has 114 valence electrons. The van der Waals surface area contributed by atoms with Gasteiger partial charge in [-0.25, -0.2) is 9.78 Å². The summed E-state index contributed by atoms with van der Waals surface area (Å²) in [7, 11) is 1.43. The van der Waals surface area contributed by atoms with Gasteiger partial charge < -0.3 is 13.6 Å². The number of anilines is 1. The van der Waals surface area contributed by atoms with Gasteiger partial charge in [0.25, 0.3) is 5.89 Å². The summed E-state index contributed by atoms with van der Waals surface area (Å²) in [5.41, 5.74) is -0.363. The smallest absolute Gasteiger partial charge is 0.347 e. The minimum absolute atomic E-state index is 0.0500. The number of hydrogen-bond donors (Lipinski definition) is 2. The molecule has 22 heavy (non-hydrogen) atoms. The number of aromatic nitrogens is 1. The highest BCUT2D eigenvalue weighted by Gasteiger charge is 2.16. The molecular weight excluding hydrogens is 316 g/mol. The van der Waals surface area contributed by atoms with E-state index < -0.39 is 5.63 Å². The molecule has 0 spiro atoms. The number of methoxy groups -OCH3 is 1. The summed E-state index contributed by atoms with van der Waals surface area (Å²) in [5.74, 6) is 0.000637. The summed E-state index contributed by atoms with van der Waals surface area (Å²) >= 11 is 6.01. The molecule has 3 aromatic rings. The molecule has 0 unspecified atom stereocenters. The van der Waals surface area contributed by atoms with E-state index in [4.69, 9.17) is 35.6 Å². The normalized spacial score (nSPS) is 10.9. The van der Waals surface area contributed by atoms with E-state index in [-0.39, 0.29) is 33.2 Å². The Kier molecular flexibility index (Phi) is 3.49. The molecule has 0 amide bonds. The van der Waals surface area contributed by atoms with E-state index in [1.54, 1.807) is 0 Å².